The molecule has 0 N–H and O–H groups in total. The quantitative estimate of drug-likeness (QED) is 0.355. The monoisotopic (exact) mass is 477 g/mol. The zero-order chi connectivity index (χ0) is 17.6. The predicted octanol–water partition coefficient (Wildman–Crippen LogP) is 7.19. The number of benzene rings is 3. The minimum atomic E-state index is 0.506. The number of hydrogen-bond donors (Lipinski definition) is 0. The molecule has 0 spiro atoms. The molecule has 0 heterocycles. The summed E-state index contributed by atoms with van der Waals surface area (Å²) in [6.45, 7) is 0.506. The van der Waals surface area contributed by atoms with Crippen LogP contribution in [0.4, 0.5) is 5.69 Å². The SMILES string of the molecule is Clc1ccc(N=Cc2ccc(OCc3ccc(Br)cc3Br)cc2)cc1. The van der Waals surface area contributed by atoms with E-state index in [9.17, 15) is 0 Å². The first kappa shape index (κ1) is 18.2. The van der Waals surface area contributed by atoms with Gasteiger partial charge >= 0.3 is 0 Å². The Kier molecular flexibility index (Phi) is 6.29. The largest absolute Gasteiger partial charge is 0.489 e. The average molecular weight is 480 g/mol. The molecule has 0 atom stereocenters. The summed E-state index contributed by atoms with van der Waals surface area (Å²) >= 11 is 12.9. The molecule has 5 heteroatoms. The lowest BCUT2D eigenvalue weighted by Gasteiger charge is -2.08. The maximum absolute atomic E-state index is 5.87. The second-order valence-electron chi connectivity index (χ2n) is 5.33. The lowest BCUT2D eigenvalue weighted by Crippen LogP contribution is -1.96. The van der Waals surface area contributed by atoms with Crippen molar-refractivity contribution < 1.29 is 4.74 Å². The van der Waals surface area contributed by atoms with E-state index in [1.54, 1.807) is 0 Å². The van der Waals surface area contributed by atoms with E-state index in [4.69, 9.17) is 16.3 Å². The molecule has 0 aliphatic carbocycles. The van der Waals surface area contributed by atoms with E-state index in [1.807, 2.05) is 72.9 Å². The first-order valence-electron chi connectivity index (χ1n) is 7.56. The van der Waals surface area contributed by atoms with Crippen LogP contribution >= 0.6 is 43.5 Å². The Morgan fingerprint density at radius 2 is 1.64 bits per heavy atom. The zero-order valence-electron chi connectivity index (χ0n) is 13.1. The highest BCUT2D eigenvalue weighted by Crippen LogP contribution is 2.23. The predicted molar refractivity (Wildman–Crippen MR) is 111 cm³/mol. The van der Waals surface area contributed by atoms with Crippen molar-refractivity contribution >= 4 is 55.4 Å². The standard InChI is InChI=1S/C20H14Br2ClNO/c21-16-4-3-15(20(22)11-16)13-25-19-9-1-14(2-10-19)12-24-18-7-5-17(23)6-8-18/h1-12H,13H2. The van der Waals surface area contributed by atoms with Crippen LogP contribution in [0.2, 0.25) is 5.02 Å². The van der Waals surface area contributed by atoms with Crippen LogP contribution in [-0.2, 0) is 6.61 Å². The number of rotatable bonds is 5. The van der Waals surface area contributed by atoms with Gasteiger partial charge in [-0.3, -0.25) is 4.99 Å². The number of aliphatic imine (C=N–C) groups is 1. The van der Waals surface area contributed by atoms with Crippen LogP contribution in [-0.4, -0.2) is 6.21 Å². The van der Waals surface area contributed by atoms with E-state index >= 15 is 0 Å². The number of nitrogens with zero attached hydrogens (tertiary/aromatic N) is 1. The van der Waals surface area contributed by atoms with Crippen LogP contribution < -0.4 is 4.74 Å². The van der Waals surface area contributed by atoms with Gasteiger partial charge in [0.1, 0.15) is 12.4 Å². The van der Waals surface area contributed by atoms with Crippen LogP contribution in [0.15, 0.2) is 80.7 Å². The van der Waals surface area contributed by atoms with Crippen LogP contribution in [0.25, 0.3) is 0 Å². The van der Waals surface area contributed by atoms with Crippen molar-refractivity contribution in [1.29, 1.82) is 0 Å². The molecule has 0 amide bonds. The Balaban J connectivity index is 1.61. The minimum absolute atomic E-state index is 0.506. The zero-order valence-corrected chi connectivity index (χ0v) is 17.1. The van der Waals surface area contributed by atoms with Crippen molar-refractivity contribution in [2.45, 2.75) is 6.61 Å². The summed E-state index contributed by atoms with van der Waals surface area (Å²) in [6.07, 6.45) is 1.82. The summed E-state index contributed by atoms with van der Waals surface area (Å²) in [5.74, 6) is 0.818. The fourth-order valence-electron chi connectivity index (χ4n) is 2.13. The van der Waals surface area contributed by atoms with Gasteiger partial charge in [0.15, 0.2) is 0 Å². The fourth-order valence-corrected chi connectivity index (χ4v) is 3.41. The van der Waals surface area contributed by atoms with Crippen LogP contribution in [0, 0.1) is 0 Å². The Hall–Kier alpha value is -1.62. The van der Waals surface area contributed by atoms with Gasteiger partial charge in [0.2, 0.25) is 0 Å². The lowest BCUT2D eigenvalue weighted by atomic mass is 10.2. The van der Waals surface area contributed by atoms with Crippen molar-refractivity contribution in [3.05, 3.63) is 91.8 Å². The molecular weight excluding hydrogens is 465 g/mol. The summed E-state index contributed by atoms with van der Waals surface area (Å²) in [5, 5.41) is 0.706. The minimum Gasteiger partial charge on any atom is -0.489 e. The summed E-state index contributed by atoms with van der Waals surface area (Å²) in [6, 6.07) is 21.3. The Bertz CT molecular complexity index is 877. The molecule has 3 aromatic rings. The molecule has 3 rings (SSSR count). The number of halogens is 3. The topological polar surface area (TPSA) is 21.6 Å². The molecule has 0 aromatic heterocycles. The van der Waals surface area contributed by atoms with Crippen molar-refractivity contribution in [3.63, 3.8) is 0 Å². The molecule has 0 saturated carbocycles. The van der Waals surface area contributed by atoms with E-state index in [-0.39, 0.29) is 0 Å². The first-order valence-corrected chi connectivity index (χ1v) is 9.53. The van der Waals surface area contributed by atoms with Gasteiger partial charge in [-0.2, -0.15) is 0 Å². The van der Waals surface area contributed by atoms with E-state index in [0.29, 0.717) is 11.6 Å². The summed E-state index contributed by atoms with van der Waals surface area (Å²) < 4.78 is 7.90. The van der Waals surface area contributed by atoms with Gasteiger partial charge in [0.25, 0.3) is 0 Å². The molecule has 25 heavy (non-hydrogen) atoms. The van der Waals surface area contributed by atoms with Gasteiger partial charge in [-0.25, -0.2) is 0 Å². The lowest BCUT2D eigenvalue weighted by molar-refractivity contribution is 0.305. The molecule has 0 aliphatic rings. The van der Waals surface area contributed by atoms with E-state index in [2.05, 4.69) is 36.9 Å². The molecule has 0 saturated heterocycles. The Morgan fingerprint density at radius 1 is 0.920 bits per heavy atom. The number of ether oxygens (including phenoxy) is 1. The maximum atomic E-state index is 5.87. The Morgan fingerprint density at radius 3 is 2.32 bits per heavy atom. The number of hydrogen-bond acceptors (Lipinski definition) is 2. The van der Waals surface area contributed by atoms with Gasteiger partial charge in [0.05, 0.1) is 5.69 Å². The van der Waals surface area contributed by atoms with Crippen LogP contribution in [0.1, 0.15) is 11.1 Å². The molecule has 0 radical (unpaired) electrons. The van der Waals surface area contributed by atoms with Crippen molar-refractivity contribution in [1.82, 2.24) is 0 Å². The molecule has 0 unspecified atom stereocenters. The van der Waals surface area contributed by atoms with Gasteiger partial charge in [0, 0.05) is 25.7 Å². The van der Waals surface area contributed by atoms with Gasteiger partial charge in [-0.15, -0.1) is 0 Å². The molecule has 3 aromatic carbocycles. The normalized spacial score (nSPS) is 11.0. The molecule has 126 valence electrons. The smallest absolute Gasteiger partial charge is 0.119 e. The third kappa shape index (κ3) is 5.43. The summed E-state index contributed by atoms with van der Waals surface area (Å²) in [4.78, 5) is 4.43. The molecule has 0 aliphatic heterocycles. The highest BCUT2D eigenvalue weighted by atomic mass is 79.9. The van der Waals surface area contributed by atoms with E-state index in [0.717, 1.165) is 31.5 Å². The van der Waals surface area contributed by atoms with Crippen LogP contribution in [0.3, 0.4) is 0 Å². The van der Waals surface area contributed by atoms with E-state index < -0.39 is 0 Å². The fraction of sp³-hybridized carbons (Fsp3) is 0.0500. The molecule has 0 bridgehead atoms. The third-order valence-electron chi connectivity index (χ3n) is 3.48. The Labute approximate surface area is 168 Å². The first-order chi connectivity index (χ1) is 12.1. The molecular formula is C20H14Br2ClNO. The van der Waals surface area contributed by atoms with Crippen molar-refractivity contribution in [3.8, 4) is 5.75 Å². The van der Waals surface area contributed by atoms with Gasteiger partial charge < -0.3 is 4.74 Å². The van der Waals surface area contributed by atoms with E-state index in [1.165, 1.54) is 0 Å². The average Bonchev–Trinajstić information content (AvgIpc) is 2.61. The summed E-state index contributed by atoms with van der Waals surface area (Å²) in [5.41, 5.74) is 2.97. The molecule has 0 fully saturated rings. The van der Waals surface area contributed by atoms with Crippen LogP contribution in [0.5, 0.6) is 5.75 Å². The second kappa shape index (κ2) is 8.65. The third-order valence-corrected chi connectivity index (χ3v) is 4.96. The highest BCUT2D eigenvalue weighted by molar-refractivity contribution is 9.11. The highest BCUT2D eigenvalue weighted by Gasteiger charge is 2.02. The van der Waals surface area contributed by atoms with Gasteiger partial charge in [-0.1, -0.05) is 49.5 Å². The van der Waals surface area contributed by atoms with Gasteiger partial charge in [-0.05, 0) is 66.2 Å². The summed E-state index contributed by atoms with van der Waals surface area (Å²) in [7, 11) is 0. The maximum Gasteiger partial charge on any atom is 0.119 e. The van der Waals surface area contributed by atoms with Crippen molar-refractivity contribution in [2.75, 3.05) is 0 Å². The molecule has 2 nitrogen and oxygen atoms in total. The van der Waals surface area contributed by atoms with Crippen molar-refractivity contribution in [2.24, 2.45) is 4.99 Å². The second-order valence-corrected chi connectivity index (χ2v) is 7.53.